The smallest absolute Gasteiger partial charge is 0.449 e. The van der Waals surface area contributed by atoms with Crippen LogP contribution in [-0.2, 0) is 11.1 Å². The summed E-state index contributed by atoms with van der Waals surface area (Å²) in [6, 6.07) is 0. The lowest BCUT2D eigenvalue weighted by atomic mass is 9.83. The van der Waals surface area contributed by atoms with Crippen LogP contribution < -0.4 is 0 Å². The standard InChI is InChI=1S/C8H9BF3N2O/c10-9(11,12)1-6-2-13-8(14-3-6)7-4-15-5-7/h2-3,7H,1,4-5H2/q-1. The van der Waals surface area contributed by atoms with Gasteiger partial charge in [0.1, 0.15) is 5.82 Å². The predicted molar refractivity (Wildman–Crippen MR) is 48.4 cm³/mol. The Morgan fingerprint density at radius 2 is 1.87 bits per heavy atom. The molecule has 1 aliphatic rings. The topological polar surface area (TPSA) is 35.0 Å². The first-order valence-electron chi connectivity index (χ1n) is 4.64. The third-order valence-electron chi connectivity index (χ3n) is 2.20. The van der Waals surface area contributed by atoms with Crippen molar-refractivity contribution < 1.29 is 17.7 Å². The Morgan fingerprint density at radius 3 is 2.27 bits per heavy atom. The zero-order chi connectivity index (χ0) is 10.9. The van der Waals surface area contributed by atoms with Crippen LogP contribution in [0.1, 0.15) is 17.3 Å². The predicted octanol–water partition coefficient (Wildman–Crippen LogP) is 1.52. The van der Waals surface area contributed by atoms with Crippen molar-refractivity contribution in [1.29, 1.82) is 0 Å². The highest BCUT2D eigenvalue weighted by atomic mass is 19.4. The minimum Gasteiger partial charge on any atom is -0.449 e. The molecule has 0 spiro atoms. The molecule has 82 valence electrons. The van der Waals surface area contributed by atoms with Crippen LogP contribution in [0.5, 0.6) is 0 Å². The van der Waals surface area contributed by atoms with Gasteiger partial charge in [-0.1, -0.05) is 6.32 Å². The summed E-state index contributed by atoms with van der Waals surface area (Å²) in [7, 11) is 0. The molecule has 0 amide bonds. The van der Waals surface area contributed by atoms with Crippen molar-refractivity contribution in [3.8, 4) is 0 Å². The summed E-state index contributed by atoms with van der Waals surface area (Å²) in [6.07, 6.45) is 1.58. The fraction of sp³-hybridized carbons (Fsp3) is 0.500. The van der Waals surface area contributed by atoms with Crippen molar-refractivity contribution in [2.75, 3.05) is 13.2 Å². The third kappa shape index (κ3) is 2.68. The minimum absolute atomic E-state index is 0.117. The van der Waals surface area contributed by atoms with E-state index >= 15 is 0 Å². The molecule has 15 heavy (non-hydrogen) atoms. The van der Waals surface area contributed by atoms with Crippen LogP contribution in [-0.4, -0.2) is 30.2 Å². The summed E-state index contributed by atoms with van der Waals surface area (Å²) < 4.78 is 41.1. The number of halogens is 3. The fourth-order valence-electron chi connectivity index (χ4n) is 1.33. The molecule has 0 radical (unpaired) electrons. The van der Waals surface area contributed by atoms with Crippen molar-refractivity contribution >= 4 is 6.98 Å². The van der Waals surface area contributed by atoms with E-state index in [-0.39, 0.29) is 11.5 Å². The van der Waals surface area contributed by atoms with Crippen molar-refractivity contribution in [2.24, 2.45) is 0 Å². The Morgan fingerprint density at radius 1 is 1.27 bits per heavy atom. The number of hydrogen-bond acceptors (Lipinski definition) is 3. The van der Waals surface area contributed by atoms with Gasteiger partial charge in [-0.05, 0) is 5.56 Å². The van der Waals surface area contributed by atoms with E-state index in [4.69, 9.17) is 4.74 Å². The van der Waals surface area contributed by atoms with Gasteiger partial charge in [0.25, 0.3) is 0 Å². The first-order chi connectivity index (χ1) is 7.04. The highest BCUT2D eigenvalue weighted by Crippen LogP contribution is 2.21. The Balaban J connectivity index is 2.03. The molecule has 1 fully saturated rings. The lowest BCUT2D eigenvalue weighted by molar-refractivity contribution is 0.00482. The second-order valence-corrected chi connectivity index (χ2v) is 3.60. The van der Waals surface area contributed by atoms with Crippen LogP contribution in [0, 0.1) is 0 Å². The van der Waals surface area contributed by atoms with Gasteiger partial charge in [-0.3, -0.25) is 0 Å². The van der Waals surface area contributed by atoms with Gasteiger partial charge in [-0.15, -0.1) is 0 Å². The van der Waals surface area contributed by atoms with E-state index in [2.05, 4.69) is 9.97 Å². The highest BCUT2D eigenvalue weighted by Gasteiger charge is 2.25. The molecule has 2 heterocycles. The number of aromatic nitrogens is 2. The van der Waals surface area contributed by atoms with E-state index in [1.807, 2.05) is 0 Å². The van der Waals surface area contributed by atoms with E-state index in [9.17, 15) is 12.9 Å². The molecule has 3 nitrogen and oxygen atoms in total. The zero-order valence-electron chi connectivity index (χ0n) is 7.87. The van der Waals surface area contributed by atoms with Crippen LogP contribution >= 0.6 is 0 Å². The molecule has 1 aromatic rings. The van der Waals surface area contributed by atoms with E-state index in [1.54, 1.807) is 0 Å². The monoisotopic (exact) mass is 217 g/mol. The highest BCUT2D eigenvalue weighted by molar-refractivity contribution is 6.57. The Bertz CT molecular complexity index is 337. The van der Waals surface area contributed by atoms with Gasteiger partial charge >= 0.3 is 6.98 Å². The second-order valence-electron chi connectivity index (χ2n) is 3.60. The van der Waals surface area contributed by atoms with Gasteiger partial charge in [-0.25, -0.2) is 9.97 Å². The maximum atomic E-state index is 12.1. The number of ether oxygens (including phenoxy) is 1. The zero-order valence-corrected chi connectivity index (χ0v) is 7.87. The molecule has 0 saturated carbocycles. The summed E-state index contributed by atoms with van der Waals surface area (Å²) in [6.45, 7) is -3.69. The molecule has 1 aliphatic heterocycles. The largest absolute Gasteiger partial charge is 0.482 e. The van der Waals surface area contributed by atoms with Crippen LogP contribution in [0.3, 0.4) is 0 Å². The number of hydrogen-bond donors (Lipinski definition) is 0. The normalized spacial score (nSPS) is 17.5. The van der Waals surface area contributed by atoms with Gasteiger partial charge in [0.15, 0.2) is 0 Å². The molecule has 2 rings (SSSR count). The van der Waals surface area contributed by atoms with Crippen molar-refractivity contribution in [1.82, 2.24) is 9.97 Å². The quantitative estimate of drug-likeness (QED) is 0.720. The molecule has 0 aliphatic carbocycles. The molecular weight excluding hydrogens is 208 g/mol. The average molecular weight is 217 g/mol. The van der Waals surface area contributed by atoms with Gasteiger partial charge in [0, 0.05) is 12.4 Å². The first kappa shape index (κ1) is 10.4. The van der Waals surface area contributed by atoms with Crippen molar-refractivity contribution in [3.63, 3.8) is 0 Å². The lowest BCUT2D eigenvalue weighted by Gasteiger charge is -2.24. The van der Waals surface area contributed by atoms with E-state index in [0.717, 1.165) is 0 Å². The molecule has 1 saturated heterocycles. The summed E-state index contributed by atoms with van der Waals surface area (Å²) in [5.74, 6) is 0.718. The maximum absolute atomic E-state index is 12.1. The van der Waals surface area contributed by atoms with Gasteiger partial charge in [0.05, 0.1) is 19.1 Å². The minimum atomic E-state index is -4.81. The molecule has 0 aromatic carbocycles. The molecule has 0 atom stereocenters. The van der Waals surface area contributed by atoms with E-state index < -0.39 is 13.3 Å². The summed E-state index contributed by atoms with van der Waals surface area (Å²) in [4.78, 5) is 7.81. The summed E-state index contributed by atoms with van der Waals surface area (Å²) in [5.41, 5.74) is 0.117. The fourth-order valence-corrected chi connectivity index (χ4v) is 1.33. The van der Waals surface area contributed by atoms with Crippen molar-refractivity contribution in [2.45, 2.75) is 12.2 Å². The number of nitrogens with zero attached hydrogens (tertiary/aromatic N) is 2. The van der Waals surface area contributed by atoms with E-state index in [0.29, 0.717) is 19.0 Å². The average Bonchev–Trinajstić information content (AvgIpc) is 2.02. The first-order valence-corrected chi connectivity index (χ1v) is 4.64. The molecule has 0 N–H and O–H groups in total. The Labute approximate surface area is 84.7 Å². The lowest BCUT2D eigenvalue weighted by Crippen LogP contribution is -2.27. The molecule has 0 unspecified atom stereocenters. The molecule has 1 aromatic heterocycles. The maximum Gasteiger partial charge on any atom is 0.482 e. The SMILES string of the molecule is F[B-](F)(F)Cc1cnc(C2COC2)nc1. The molecule has 7 heteroatoms. The van der Waals surface area contributed by atoms with E-state index in [1.165, 1.54) is 12.4 Å². The van der Waals surface area contributed by atoms with Crippen LogP contribution in [0.25, 0.3) is 0 Å². The second kappa shape index (κ2) is 3.81. The van der Waals surface area contributed by atoms with Gasteiger partial charge in [-0.2, -0.15) is 0 Å². The Hall–Kier alpha value is -1.11. The Kier molecular flexibility index (Phi) is 2.64. The summed E-state index contributed by atoms with van der Waals surface area (Å²) >= 11 is 0. The van der Waals surface area contributed by atoms with Crippen LogP contribution in [0.15, 0.2) is 12.4 Å². The van der Waals surface area contributed by atoms with Gasteiger partial charge < -0.3 is 17.7 Å². The van der Waals surface area contributed by atoms with Gasteiger partial charge in [0.2, 0.25) is 0 Å². The van der Waals surface area contributed by atoms with Crippen LogP contribution in [0.2, 0.25) is 0 Å². The molecular formula is C8H9BF3N2O-. The third-order valence-corrected chi connectivity index (χ3v) is 2.20. The van der Waals surface area contributed by atoms with Crippen molar-refractivity contribution in [3.05, 3.63) is 23.8 Å². The van der Waals surface area contributed by atoms with Crippen LogP contribution in [0.4, 0.5) is 12.9 Å². The summed E-state index contributed by atoms with van der Waals surface area (Å²) in [5, 5.41) is 0. The number of rotatable bonds is 3. The molecule has 0 bridgehead atoms.